The van der Waals surface area contributed by atoms with Crippen LogP contribution in [0, 0.1) is 12.7 Å². The van der Waals surface area contributed by atoms with Crippen molar-refractivity contribution in [2.24, 2.45) is 0 Å². The average molecular weight is 446 g/mol. The van der Waals surface area contributed by atoms with Crippen LogP contribution in [0.3, 0.4) is 0 Å². The molecule has 1 unspecified atom stereocenters. The summed E-state index contributed by atoms with van der Waals surface area (Å²) in [7, 11) is 1.69. The van der Waals surface area contributed by atoms with Crippen molar-refractivity contribution in [1.82, 2.24) is 9.97 Å². The highest BCUT2D eigenvalue weighted by Gasteiger charge is 2.42. The molecule has 1 atom stereocenters. The molecule has 0 aliphatic carbocycles. The first-order valence-corrected chi connectivity index (χ1v) is 10.1. The molecule has 0 saturated carbocycles. The molecule has 1 aromatic heterocycles. The van der Waals surface area contributed by atoms with Crippen molar-refractivity contribution in [3.63, 3.8) is 0 Å². The van der Waals surface area contributed by atoms with E-state index in [2.05, 4.69) is 15.3 Å². The number of aromatic nitrogens is 2. The largest absolute Gasteiger partial charge is 0.419 e. The van der Waals surface area contributed by atoms with Crippen molar-refractivity contribution in [1.29, 1.82) is 0 Å². The van der Waals surface area contributed by atoms with E-state index in [-0.39, 0.29) is 11.5 Å². The molecule has 5 nitrogen and oxygen atoms in total. The van der Waals surface area contributed by atoms with Gasteiger partial charge in [-0.3, -0.25) is 4.79 Å². The quantitative estimate of drug-likeness (QED) is 0.538. The number of anilines is 2. The lowest BCUT2D eigenvalue weighted by Crippen LogP contribution is -2.33. The van der Waals surface area contributed by atoms with Gasteiger partial charge in [-0.15, -0.1) is 0 Å². The SMILES string of the molecule is Cc1nc(NC(C)c2cccc(C(F)(F)F)c2F)c2cc3c(cc2n1)C(C)(C)C(=O)N3C. The number of halogens is 4. The summed E-state index contributed by atoms with van der Waals surface area (Å²) < 4.78 is 54.0. The molecule has 2 aromatic carbocycles. The zero-order valence-corrected chi connectivity index (χ0v) is 18.2. The van der Waals surface area contributed by atoms with Gasteiger partial charge in [0, 0.05) is 23.7 Å². The predicted octanol–water partition coefficient (Wildman–Crippen LogP) is 5.52. The number of hydrogen-bond donors (Lipinski definition) is 1. The molecule has 1 amide bonds. The van der Waals surface area contributed by atoms with Gasteiger partial charge < -0.3 is 10.2 Å². The number of rotatable bonds is 3. The van der Waals surface area contributed by atoms with Crippen LogP contribution in [0.25, 0.3) is 10.9 Å². The van der Waals surface area contributed by atoms with Crippen molar-refractivity contribution in [2.75, 3.05) is 17.3 Å². The maximum atomic E-state index is 14.6. The summed E-state index contributed by atoms with van der Waals surface area (Å²) in [6.45, 7) is 6.94. The van der Waals surface area contributed by atoms with Crippen LogP contribution in [-0.4, -0.2) is 22.9 Å². The molecule has 1 aliphatic heterocycles. The van der Waals surface area contributed by atoms with Gasteiger partial charge in [0.2, 0.25) is 5.91 Å². The Bertz CT molecular complexity index is 1250. The number of carbonyl (C=O) groups excluding carboxylic acids is 1. The second kappa shape index (κ2) is 7.15. The third kappa shape index (κ3) is 3.36. The molecule has 9 heteroatoms. The van der Waals surface area contributed by atoms with Gasteiger partial charge in [-0.05, 0) is 51.5 Å². The zero-order chi connectivity index (χ0) is 23.6. The number of nitrogens with zero attached hydrogens (tertiary/aromatic N) is 3. The van der Waals surface area contributed by atoms with Crippen molar-refractivity contribution < 1.29 is 22.4 Å². The Morgan fingerprint density at radius 2 is 1.84 bits per heavy atom. The fourth-order valence-electron chi connectivity index (χ4n) is 4.20. The molecular formula is C23H22F4N4O. The lowest BCUT2D eigenvalue weighted by molar-refractivity contribution is -0.140. The number of likely N-dealkylation sites (N-methyl/N-ethyl adjacent to an activating group) is 1. The van der Waals surface area contributed by atoms with Gasteiger partial charge in [0.25, 0.3) is 0 Å². The van der Waals surface area contributed by atoms with E-state index in [0.29, 0.717) is 34.3 Å². The van der Waals surface area contributed by atoms with Crippen LogP contribution in [0.4, 0.5) is 29.1 Å². The Kier molecular flexibility index (Phi) is 4.91. The number of benzene rings is 2. The third-order valence-electron chi connectivity index (χ3n) is 5.95. The first kappa shape index (κ1) is 22.0. The Hall–Kier alpha value is -3.23. The molecule has 0 spiro atoms. The Morgan fingerprint density at radius 1 is 1.16 bits per heavy atom. The highest BCUT2D eigenvalue weighted by Crippen LogP contribution is 2.43. The maximum absolute atomic E-state index is 14.6. The van der Waals surface area contributed by atoms with Crippen molar-refractivity contribution in [2.45, 2.75) is 45.3 Å². The molecule has 0 saturated heterocycles. The number of nitrogens with one attached hydrogen (secondary N) is 1. The van der Waals surface area contributed by atoms with Crippen molar-refractivity contribution in [3.8, 4) is 0 Å². The van der Waals surface area contributed by atoms with Gasteiger partial charge in [0.05, 0.1) is 22.5 Å². The maximum Gasteiger partial charge on any atom is 0.419 e. The van der Waals surface area contributed by atoms with Gasteiger partial charge in [0.1, 0.15) is 17.5 Å². The predicted molar refractivity (Wildman–Crippen MR) is 114 cm³/mol. The van der Waals surface area contributed by atoms with Crippen LogP contribution in [0.15, 0.2) is 30.3 Å². The van der Waals surface area contributed by atoms with Crippen molar-refractivity contribution in [3.05, 3.63) is 58.7 Å². The number of hydrogen-bond acceptors (Lipinski definition) is 4. The number of fused-ring (bicyclic) bond motifs is 2. The van der Waals surface area contributed by atoms with E-state index in [9.17, 15) is 22.4 Å². The minimum atomic E-state index is -4.79. The molecule has 1 aliphatic rings. The molecule has 32 heavy (non-hydrogen) atoms. The van der Waals surface area contributed by atoms with E-state index >= 15 is 0 Å². The standard InChI is InChI=1S/C23H22F4N4O/c1-11(13-7-6-8-15(19(13)24)23(25,26)27)28-20-14-9-18-16(10-17(14)29-12(2)30-20)22(3,4)21(32)31(18)5/h6-11H,1-5H3,(H,28,29,30). The normalized spacial score (nSPS) is 16.4. The van der Waals surface area contributed by atoms with Gasteiger partial charge in [0.15, 0.2) is 0 Å². The van der Waals surface area contributed by atoms with Crippen LogP contribution in [0.5, 0.6) is 0 Å². The van der Waals surface area contributed by atoms with Gasteiger partial charge >= 0.3 is 6.18 Å². The minimum absolute atomic E-state index is 0.0543. The fourth-order valence-corrected chi connectivity index (χ4v) is 4.20. The van der Waals surface area contributed by atoms with E-state index in [4.69, 9.17) is 0 Å². The zero-order valence-electron chi connectivity index (χ0n) is 18.2. The Morgan fingerprint density at radius 3 is 2.50 bits per heavy atom. The highest BCUT2D eigenvalue weighted by atomic mass is 19.4. The summed E-state index contributed by atoms with van der Waals surface area (Å²) in [6.07, 6.45) is -4.79. The molecule has 4 rings (SSSR count). The van der Waals surface area contributed by atoms with E-state index in [1.54, 1.807) is 31.9 Å². The second-order valence-electron chi connectivity index (χ2n) is 8.57. The van der Waals surface area contributed by atoms with Crippen LogP contribution >= 0.6 is 0 Å². The summed E-state index contributed by atoms with van der Waals surface area (Å²) in [5.41, 5.74) is -0.0171. The summed E-state index contributed by atoms with van der Waals surface area (Å²) in [5.74, 6) is -0.582. The van der Waals surface area contributed by atoms with Gasteiger partial charge in [-0.1, -0.05) is 12.1 Å². The van der Waals surface area contributed by atoms with Crippen molar-refractivity contribution >= 4 is 28.3 Å². The molecule has 3 aromatic rings. The number of aryl methyl sites for hydroxylation is 1. The number of carbonyl (C=O) groups is 1. The molecule has 0 radical (unpaired) electrons. The summed E-state index contributed by atoms with van der Waals surface area (Å²) in [6, 6.07) is 6.02. The van der Waals surface area contributed by atoms with Crippen LogP contribution in [0.2, 0.25) is 0 Å². The topological polar surface area (TPSA) is 58.1 Å². The first-order valence-electron chi connectivity index (χ1n) is 10.1. The molecule has 168 valence electrons. The Labute approximate surface area is 182 Å². The first-order chi connectivity index (χ1) is 14.8. The van der Waals surface area contributed by atoms with E-state index < -0.39 is 29.0 Å². The van der Waals surface area contributed by atoms with Crippen LogP contribution < -0.4 is 10.2 Å². The van der Waals surface area contributed by atoms with Gasteiger partial charge in [-0.25, -0.2) is 14.4 Å². The van der Waals surface area contributed by atoms with E-state index in [1.165, 1.54) is 12.1 Å². The fraction of sp³-hybridized carbons (Fsp3) is 0.348. The number of amides is 1. The van der Waals surface area contributed by atoms with E-state index in [1.807, 2.05) is 19.9 Å². The molecular weight excluding hydrogens is 424 g/mol. The van der Waals surface area contributed by atoms with E-state index in [0.717, 1.165) is 5.56 Å². The lowest BCUT2D eigenvalue weighted by atomic mass is 9.85. The molecule has 1 N–H and O–H groups in total. The molecule has 2 heterocycles. The summed E-state index contributed by atoms with van der Waals surface area (Å²) in [5, 5.41) is 3.63. The summed E-state index contributed by atoms with van der Waals surface area (Å²) >= 11 is 0. The number of alkyl halides is 3. The minimum Gasteiger partial charge on any atom is -0.363 e. The average Bonchev–Trinajstić information content (AvgIpc) is 2.86. The highest BCUT2D eigenvalue weighted by molar-refractivity contribution is 6.10. The third-order valence-corrected chi connectivity index (χ3v) is 5.95. The van der Waals surface area contributed by atoms with Gasteiger partial charge in [-0.2, -0.15) is 13.2 Å². The Balaban J connectivity index is 1.81. The monoisotopic (exact) mass is 446 g/mol. The lowest BCUT2D eigenvalue weighted by Gasteiger charge is -2.20. The van der Waals surface area contributed by atoms with Crippen LogP contribution in [-0.2, 0) is 16.4 Å². The summed E-state index contributed by atoms with van der Waals surface area (Å²) in [4.78, 5) is 23.1. The smallest absolute Gasteiger partial charge is 0.363 e. The second-order valence-corrected chi connectivity index (χ2v) is 8.57. The van der Waals surface area contributed by atoms with Crippen LogP contribution in [0.1, 0.15) is 49.3 Å². The molecule has 0 fully saturated rings. The molecule has 0 bridgehead atoms.